The number of benzene rings is 2. The van der Waals surface area contributed by atoms with Gasteiger partial charge in [-0.2, -0.15) is 0 Å². The van der Waals surface area contributed by atoms with Gasteiger partial charge in [0.15, 0.2) is 0 Å². The first-order chi connectivity index (χ1) is 12.1. The molecule has 0 aliphatic rings. The van der Waals surface area contributed by atoms with Gasteiger partial charge in [-0.15, -0.1) is 0 Å². The molecule has 0 aliphatic carbocycles. The fourth-order valence-corrected chi connectivity index (χ4v) is 3.12. The maximum Gasteiger partial charge on any atom is 0.258 e. The van der Waals surface area contributed by atoms with E-state index in [1.54, 1.807) is 36.4 Å². The van der Waals surface area contributed by atoms with Crippen molar-refractivity contribution in [3.05, 3.63) is 63.8 Å². The maximum absolute atomic E-state index is 12.6. The minimum absolute atomic E-state index is 0.187. The Morgan fingerprint density at radius 3 is 2.48 bits per heavy atom. The molecule has 25 heavy (non-hydrogen) atoms. The normalized spacial score (nSPS) is 10.7. The number of aromatic nitrogens is 1. The molecular weight excluding hydrogens is 363 g/mol. The third kappa shape index (κ3) is 3.25. The van der Waals surface area contributed by atoms with Crippen molar-refractivity contribution in [2.45, 2.75) is 6.61 Å². The number of hydrazine groups is 1. The lowest BCUT2D eigenvalue weighted by Crippen LogP contribution is -2.14. The number of halogens is 2. The van der Waals surface area contributed by atoms with Crippen molar-refractivity contribution in [2.75, 3.05) is 10.7 Å². The number of aliphatic hydroxyl groups is 1. The number of aliphatic hydroxyl groups excluding tert-OH is 1. The van der Waals surface area contributed by atoms with Gasteiger partial charge in [-0.05, 0) is 18.2 Å². The number of anilines is 2. The monoisotopic (exact) mass is 376 g/mol. The fourth-order valence-electron chi connectivity index (χ4n) is 2.56. The first-order valence-corrected chi connectivity index (χ1v) is 8.05. The number of pyridine rings is 1. The van der Waals surface area contributed by atoms with Crippen LogP contribution in [0.2, 0.25) is 10.0 Å². The van der Waals surface area contributed by atoms with Gasteiger partial charge in [0.1, 0.15) is 0 Å². The van der Waals surface area contributed by atoms with Gasteiger partial charge < -0.3 is 15.8 Å². The van der Waals surface area contributed by atoms with Gasteiger partial charge in [0.05, 0.1) is 39.1 Å². The molecule has 0 saturated heterocycles. The molecule has 0 bridgehead atoms. The molecule has 0 spiro atoms. The molecule has 8 heteroatoms. The second kappa shape index (κ2) is 7.25. The Kier molecular flexibility index (Phi) is 5.06. The molecule has 1 amide bonds. The summed E-state index contributed by atoms with van der Waals surface area (Å²) >= 11 is 12.2. The number of carbonyl (C=O) groups excluding carboxylic acids is 1. The number of nitrogens with one attached hydrogen (secondary N) is 2. The first kappa shape index (κ1) is 17.4. The Labute approximate surface area is 153 Å². The molecule has 3 aromatic rings. The number of nitrogens with two attached hydrogens (primary N) is 1. The third-order valence-corrected chi connectivity index (χ3v) is 4.36. The summed E-state index contributed by atoms with van der Waals surface area (Å²) in [5.41, 5.74) is 4.83. The van der Waals surface area contributed by atoms with E-state index in [0.29, 0.717) is 27.8 Å². The highest BCUT2D eigenvalue weighted by atomic mass is 35.5. The third-order valence-electron chi connectivity index (χ3n) is 3.73. The lowest BCUT2D eigenvalue weighted by molar-refractivity contribution is 0.102. The van der Waals surface area contributed by atoms with Crippen LogP contribution in [0.5, 0.6) is 0 Å². The van der Waals surface area contributed by atoms with Gasteiger partial charge in [0.25, 0.3) is 5.91 Å². The summed E-state index contributed by atoms with van der Waals surface area (Å²) in [6.07, 6.45) is 1.50. The Balaban J connectivity index is 2.07. The number of fused-ring (bicyclic) bond motifs is 1. The van der Waals surface area contributed by atoms with E-state index in [1.807, 2.05) is 0 Å². The van der Waals surface area contributed by atoms with Crippen molar-refractivity contribution >= 4 is 51.4 Å². The van der Waals surface area contributed by atoms with Crippen molar-refractivity contribution in [2.24, 2.45) is 5.84 Å². The molecule has 1 aromatic heterocycles. The molecule has 5 N–H and O–H groups in total. The highest BCUT2D eigenvalue weighted by Crippen LogP contribution is 2.31. The number of nitrogens with zero attached hydrogens (tertiary/aromatic N) is 1. The molecular formula is C17H14Cl2N4O2. The zero-order valence-electron chi connectivity index (χ0n) is 12.9. The minimum Gasteiger partial charge on any atom is -0.392 e. The molecule has 1 heterocycles. The molecule has 0 fully saturated rings. The van der Waals surface area contributed by atoms with Crippen LogP contribution < -0.4 is 16.6 Å². The topological polar surface area (TPSA) is 100 Å². The summed E-state index contributed by atoms with van der Waals surface area (Å²) in [7, 11) is 0. The number of hydrogen-bond donors (Lipinski definition) is 4. The zero-order valence-corrected chi connectivity index (χ0v) is 14.4. The number of hydrogen-bond acceptors (Lipinski definition) is 5. The van der Waals surface area contributed by atoms with Crippen LogP contribution in [0.3, 0.4) is 0 Å². The highest BCUT2D eigenvalue weighted by Gasteiger charge is 2.17. The Morgan fingerprint density at radius 1 is 1.16 bits per heavy atom. The van der Waals surface area contributed by atoms with Crippen molar-refractivity contribution in [1.29, 1.82) is 0 Å². The smallest absolute Gasteiger partial charge is 0.258 e. The SMILES string of the molecule is NNc1c(CO)cnc2c(NC(=O)c3c(Cl)cccc3Cl)cccc12. The van der Waals surface area contributed by atoms with Gasteiger partial charge in [0.2, 0.25) is 0 Å². The standard InChI is InChI=1S/C17H14Cl2N4O2/c18-11-4-2-5-12(19)14(11)17(25)22-13-6-1-3-10-15(23-20)9(8-24)7-21-16(10)13/h1-7,24H,8,20H2,(H,21,23)(H,22,25). The van der Waals surface area contributed by atoms with Gasteiger partial charge in [0, 0.05) is 17.1 Å². The Bertz CT molecular complexity index is 943. The van der Waals surface area contributed by atoms with Crippen LogP contribution in [-0.4, -0.2) is 16.0 Å². The molecule has 0 saturated carbocycles. The molecule has 0 unspecified atom stereocenters. The quantitative estimate of drug-likeness (QED) is 0.411. The Morgan fingerprint density at radius 2 is 1.84 bits per heavy atom. The van der Waals surface area contributed by atoms with Crippen LogP contribution >= 0.6 is 23.2 Å². The van der Waals surface area contributed by atoms with E-state index < -0.39 is 5.91 Å². The predicted molar refractivity (Wildman–Crippen MR) is 99.9 cm³/mol. The summed E-state index contributed by atoms with van der Waals surface area (Å²) in [6.45, 7) is -0.214. The molecule has 128 valence electrons. The van der Waals surface area contributed by atoms with Gasteiger partial charge in [-0.25, -0.2) is 0 Å². The van der Waals surface area contributed by atoms with Crippen molar-refractivity contribution in [3.8, 4) is 0 Å². The van der Waals surface area contributed by atoms with Crippen LogP contribution in [-0.2, 0) is 6.61 Å². The van der Waals surface area contributed by atoms with E-state index >= 15 is 0 Å². The minimum atomic E-state index is -0.446. The van der Waals surface area contributed by atoms with E-state index in [0.717, 1.165) is 0 Å². The van der Waals surface area contributed by atoms with Gasteiger partial charge in [-0.1, -0.05) is 41.4 Å². The number of amides is 1. The molecule has 6 nitrogen and oxygen atoms in total. The number of rotatable bonds is 4. The van der Waals surface area contributed by atoms with E-state index in [9.17, 15) is 9.90 Å². The summed E-state index contributed by atoms with van der Waals surface area (Å²) in [4.78, 5) is 16.9. The van der Waals surface area contributed by atoms with Crippen LogP contribution in [0, 0.1) is 0 Å². The largest absolute Gasteiger partial charge is 0.392 e. The van der Waals surface area contributed by atoms with Crippen LogP contribution in [0.25, 0.3) is 10.9 Å². The summed E-state index contributed by atoms with van der Waals surface area (Å²) < 4.78 is 0. The molecule has 2 aromatic carbocycles. The van der Waals surface area contributed by atoms with E-state index in [4.69, 9.17) is 29.0 Å². The van der Waals surface area contributed by atoms with E-state index in [2.05, 4.69) is 15.7 Å². The Hall–Kier alpha value is -2.38. The average molecular weight is 377 g/mol. The average Bonchev–Trinajstić information content (AvgIpc) is 2.60. The first-order valence-electron chi connectivity index (χ1n) is 7.30. The van der Waals surface area contributed by atoms with Crippen LogP contribution in [0.15, 0.2) is 42.6 Å². The molecule has 0 radical (unpaired) electrons. The summed E-state index contributed by atoms with van der Waals surface area (Å²) in [5, 5.41) is 13.3. The molecule has 3 rings (SSSR count). The predicted octanol–water partition coefficient (Wildman–Crippen LogP) is 3.57. The van der Waals surface area contributed by atoms with Crippen LogP contribution in [0.4, 0.5) is 11.4 Å². The van der Waals surface area contributed by atoms with E-state index in [1.165, 1.54) is 6.20 Å². The van der Waals surface area contributed by atoms with Gasteiger partial charge in [-0.3, -0.25) is 15.6 Å². The van der Waals surface area contributed by atoms with Crippen molar-refractivity contribution < 1.29 is 9.90 Å². The van der Waals surface area contributed by atoms with Crippen molar-refractivity contribution in [3.63, 3.8) is 0 Å². The summed E-state index contributed by atoms with van der Waals surface area (Å²) in [5.74, 6) is 5.12. The molecule has 0 aliphatic heterocycles. The maximum atomic E-state index is 12.6. The van der Waals surface area contributed by atoms with Gasteiger partial charge >= 0.3 is 0 Å². The highest BCUT2D eigenvalue weighted by molar-refractivity contribution is 6.40. The lowest BCUT2D eigenvalue weighted by Gasteiger charge is -2.14. The lowest BCUT2D eigenvalue weighted by atomic mass is 10.1. The van der Waals surface area contributed by atoms with Crippen molar-refractivity contribution in [1.82, 2.24) is 4.98 Å². The number of carbonyl (C=O) groups is 1. The second-order valence-electron chi connectivity index (χ2n) is 5.21. The second-order valence-corrected chi connectivity index (χ2v) is 6.03. The fraction of sp³-hybridized carbons (Fsp3) is 0.0588. The molecule has 0 atom stereocenters. The number of para-hydroxylation sites is 1. The zero-order chi connectivity index (χ0) is 18.0. The van der Waals surface area contributed by atoms with E-state index in [-0.39, 0.29) is 22.2 Å². The summed E-state index contributed by atoms with van der Waals surface area (Å²) in [6, 6.07) is 10.1. The van der Waals surface area contributed by atoms with Crippen LogP contribution in [0.1, 0.15) is 15.9 Å². The number of nitrogen functional groups attached to an aromatic ring is 1.